The second-order valence-electron chi connectivity index (χ2n) is 24.6. The van der Waals surface area contributed by atoms with Crippen LogP contribution in [0.5, 0.6) is 0 Å². The van der Waals surface area contributed by atoms with Crippen LogP contribution in [0.2, 0.25) is 0 Å². The van der Waals surface area contributed by atoms with Crippen LogP contribution in [0.4, 0.5) is 0 Å². The molecular formula is C57H82O16. The Kier molecular flexibility index (Phi) is 14.1. The fourth-order valence-electron chi connectivity index (χ4n) is 15.6. The maximum atomic E-state index is 12.4. The largest absolute Gasteiger partial charge is 0.390 e. The highest BCUT2D eigenvalue weighted by atomic mass is 16.7. The number of hydrogen-bond acceptors (Lipinski definition) is 16. The van der Waals surface area contributed by atoms with Crippen molar-refractivity contribution in [3.63, 3.8) is 0 Å². The molecule has 73 heavy (non-hydrogen) atoms. The van der Waals surface area contributed by atoms with Crippen molar-refractivity contribution in [3.05, 3.63) is 48.6 Å². The zero-order chi connectivity index (χ0) is 49.9. The SMILES string of the molecule is CC1CC2OC3C(CC2OC2CC4OC5CC=CCC6OC7C=CC8OC9C(CC8OC7CC=CC6OC5CC(O)C4(C)OC2C1)OC1CC=CCOC1C9O)OC1C(C)C(C)C2(CCCO2)OC1C(O)C3C. The van der Waals surface area contributed by atoms with Crippen molar-refractivity contribution in [2.24, 2.45) is 23.7 Å². The molecule has 9 saturated heterocycles. The highest BCUT2D eigenvalue weighted by molar-refractivity contribution is 5.14. The third-order valence-electron chi connectivity index (χ3n) is 20.0. The summed E-state index contributed by atoms with van der Waals surface area (Å²) in [7, 11) is 0. The van der Waals surface area contributed by atoms with E-state index in [0.29, 0.717) is 64.6 Å². The molecule has 13 aliphatic rings. The lowest BCUT2D eigenvalue weighted by atomic mass is 9.76. The molecule has 0 bridgehead atoms. The van der Waals surface area contributed by atoms with Gasteiger partial charge in [-0.15, -0.1) is 0 Å². The molecule has 0 radical (unpaired) electrons. The van der Waals surface area contributed by atoms with Gasteiger partial charge in [-0.2, -0.15) is 0 Å². The molecule has 0 aromatic carbocycles. The first kappa shape index (κ1) is 50.8. The molecule has 0 aromatic rings. The molecule has 0 aromatic heterocycles. The second-order valence-corrected chi connectivity index (χ2v) is 24.6. The molecule has 13 rings (SSSR count). The Hall–Kier alpha value is -1.68. The molecule has 13 aliphatic heterocycles. The summed E-state index contributed by atoms with van der Waals surface area (Å²) in [6.07, 6.45) is 15.0. The van der Waals surface area contributed by atoms with Gasteiger partial charge in [0.1, 0.15) is 48.3 Å². The van der Waals surface area contributed by atoms with E-state index in [0.717, 1.165) is 25.7 Å². The Morgan fingerprint density at radius 2 is 1.08 bits per heavy atom. The highest BCUT2D eigenvalue weighted by Gasteiger charge is 2.62. The van der Waals surface area contributed by atoms with Crippen LogP contribution in [-0.4, -0.2) is 186 Å². The van der Waals surface area contributed by atoms with Gasteiger partial charge in [0, 0.05) is 43.9 Å². The van der Waals surface area contributed by atoms with E-state index in [4.69, 9.17) is 61.6 Å². The summed E-state index contributed by atoms with van der Waals surface area (Å²) in [5, 5.41) is 35.9. The van der Waals surface area contributed by atoms with E-state index in [2.05, 4.69) is 64.2 Å². The van der Waals surface area contributed by atoms with E-state index in [1.165, 1.54) is 0 Å². The lowest BCUT2D eigenvalue weighted by Crippen LogP contribution is -2.63. The Labute approximate surface area is 430 Å². The van der Waals surface area contributed by atoms with Crippen LogP contribution in [-0.2, 0) is 61.6 Å². The predicted octanol–water partition coefficient (Wildman–Crippen LogP) is 5.11. The summed E-state index contributed by atoms with van der Waals surface area (Å²) in [6, 6.07) is 0. The highest BCUT2D eigenvalue weighted by Crippen LogP contribution is 2.52. The van der Waals surface area contributed by atoms with Gasteiger partial charge in [-0.05, 0) is 63.7 Å². The van der Waals surface area contributed by atoms with Gasteiger partial charge in [-0.3, -0.25) is 0 Å². The summed E-state index contributed by atoms with van der Waals surface area (Å²) in [4.78, 5) is 0. The number of aliphatic hydroxyl groups is 3. The Balaban J connectivity index is 0.695. The molecule has 16 nitrogen and oxygen atoms in total. The van der Waals surface area contributed by atoms with Crippen molar-refractivity contribution in [1.82, 2.24) is 0 Å². The zero-order valence-corrected chi connectivity index (χ0v) is 43.3. The van der Waals surface area contributed by atoms with Crippen molar-refractivity contribution < 1.29 is 76.9 Å². The zero-order valence-electron chi connectivity index (χ0n) is 43.3. The van der Waals surface area contributed by atoms with Crippen molar-refractivity contribution in [2.45, 2.75) is 270 Å². The van der Waals surface area contributed by atoms with Crippen molar-refractivity contribution in [1.29, 1.82) is 0 Å². The quantitative estimate of drug-likeness (QED) is 0.273. The predicted molar refractivity (Wildman–Crippen MR) is 261 cm³/mol. The van der Waals surface area contributed by atoms with Gasteiger partial charge in [0.25, 0.3) is 0 Å². The molecule has 9 fully saturated rings. The van der Waals surface area contributed by atoms with Gasteiger partial charge in [0.05, 0.1) is 117 Å². The molecule has 0 amide bonds. The second kappa shape index (κ2) is 20.2. The molecule has 0 aliphatic carbocycles. The number of fused-ring (bicyclic) bond motifs is 11. The van der Waals surface area contributed by atoms with Crippen LogP contribution >= 0.6 is 0 Å². The molecule has 3 N–H and O–H groups in total. The fraction of sp³-hybridized carbons (Fsp3) is 0.860. The molecule has 1 spiro atoms. The van der Waals surface area contributed by atoms with Crippen LogP contribution in [0.3, 0.4) is 0 Å². The summed E-state index contributed by atoms with van der Waals surface area (Å²) < 4.78 is 89.0. The van der Waals surface area contributed by atoms with E-state index in [1.54, 1.807) is 0 Å². The fourth-order valence-corrected chi connectivity index (χ4v) is 15.6. The third-order valence-corrected chi connectivity index (χ3v) is 20.0. The number of aliphatic hydroxyl groups excluding tert-OH is 3. The van der Waals surface area contributed by atoms with Gasteiger partial charge in [-0.25, -0.2) is 0 Å². The molecule has 30 atom stereocenters. The van der Waals surface area contributed by atoms with Crippen LogP contribution in [0.25, 0.3) is 0 Å². The van der Waals surface area contributed by atoms with Crippen LogP contribution in [0.15, 0.2) is 48.6 Å². The standard InChI is InChI=1S/C57H82O16/c1-28-22-39-41(25-45-51(70-39)30(3)49(59)55-52(71-45)29(2)31(4)57(73-55)19-11-21-62-57)67-43-27-48-56(5,72-44(43)23-28)47(58)26-42-35(68-48)13-7-6-12-32-33(65-42)15-10-16-34-36(63-32)17-18-37-40(64-34)24-46-54(69-37)50(60)53-38(66-46)14-8-9-20-61-53/h6-10,15,17-18,28-55,58-60H,11-14,16,19-27H2,1-5H3. The van der Waals surface area contributed by atoms with E-state index in [9.17, 15) is 15.3 Å². The van der Waals surface area contributed by atoms with Gasteiger partial charge in [0.2, 0.25) is 0 Å². The molecule has 0 saturated carbocycles. The minimum atomic E-state index is -0.998. The molecular weight excluding hydrogens is 941 g/mol. The van der Waals surface area contributed by atoms with Crippen molar-refractivity contribution in [3.8, 4) is 0 Å². The van der Waals surface area contributed by atoms with Crippen LogP contribution in [0.1, 0.15) is 112 Å². The summed E-state index contributed by atoms with van der Waals surface area (Å²) in [5.41, 5.74) is -0.998. The number of ether oxygens (including phenoxy) is 13. The van der Waals surface area contributed by atoms with Crippen LogP contribution in [0, 0.1) is 23.7 Å². The molecule has 13 heterocycles. The lowest BCUT2D eigenvalue weighted by Gasteiger charge is -2.53. The van der Waals surface area contributed by atoms with E-state index in [-0.39, 0.29) is 115 Å². The molecule has 30 unspecified atom stereocenters. The van der Waals surface area contributed by atoms with Crippen molar-refractivity contribution >= 4 is 0 Å². The summed E-state index contributed by atoms with van der Waals surface area (Å²) in [6.45, 7) is 11.9. The van der Waals surface area contributed by atoms with E-state index < -0.39 is 66.3 Å². The van der Waals surface area contributed by atoms with E-state index >= 15 is 0 Å². The smallest absolute Gasteiger partial charge is 0.171 e. The Bertz CT molecular complexity index is 2080. The first-order valence-electron chi connectivity index (χ1n) is 28.5. The molecule has 16 heteroatoms. The topological polar surface area (TPSA) is 181 Å². The summed E-state index contributed by atoms with van der Waals surface area (Å²) >= 11 is 0. The Morgan fingerprint density at radius 1 is 0.452 bits per heavy atom. The minimum Gasteiger partial charge on any atom is -0.390 e. The lowest BCUT2D eigenvalue weighted by molar-refractivity contribution is -0.339. The Morgan fingerprint density at radius 3 is 1.92 bits per heavy atom. The third kappa shape index (κ3) is 9.16. The number of hydrogen-bond donors (Lipinski definition) is 3. The summed E-state index contributed by atoms with van der Waals surface area (Å²) in [5.74, 6) is -0.458. The van der Waals surface area contributed by atoms with E-state index in [1.807, 2.05) is 19.1 Å². The van der Waals surface area contributed by atoms with Gasteiger partial charge >= 0.3 is 0 Å². The first-order valence-corrected chi connectivity index (χ1v) is 28.5. The monoisotopic (exact) mass is 1020 g/mol. The maximum absolute atomic E-state index is 12.4. The first-order chi connectivity index (χ1) is 35.3. The normalized spacial score (nSPS) is 57.6. The molecule has 406 valence electrons. The minimum absolute atomic E-state index is 0.103. The van der Waals surface area contributed by atoms with Crippen LogP contribution < -0.4 is 0 Å². The van der Waals surface area contributed by atoms with Gasteiger partial charge < -0.3 is 76.9 Å². The average Bonchev–Trinajstić information content (AvgIpc) is 3.55. The maximum Gasteiger partial charge on any atom is 0.171 e. The van der Waals surface area contributed by atoms with Crippen molar-refractivity contribution in [2.75, 3.05) is 13.2 Å². The average molecular weight is 1020 g/mol. The van der Waals surface area contributed by atoms with Gasteiger partial charge in [0.15, 0.2) is 5.79 Å². The number of rotatable bonds is 0. The van der Waals surface area contributed by atoms with Gasteiger partial charge in [-0.1, -0.05) is 76.3 Å².